The molecule has 11 heavy (non-hydrogen) atoms. The highest BCUT2D eigenvalue weighted by molar-refractivity contribution is 5.11. The molecule has 0 aromatic rings. The normalized spacial score (nSPS) is 15.8. The Kier molecular flexibility index (Phi) is 5.86. The Hall–Kier alpha value is -0.560. The molecule has 1 atom stereocenters. The zero-order chi connectivity index (χ0) is 8.69. The highest BCUT2D eigenvalue weighted by Gasteiger charge is 1.88. The summed E-state index contributed by atoms with van der Waals surface area (Å²) >= 11 is 0. The topological polar surface area (TPSA) is 26.0 Å². The predicted octanol–water partition coefficient (Wildman–Crippen LogP) is 2.49. The van der Waals surface area contributed by atoms with E-state index < -0.39 is 0 Å². The van der Waals surface area contributed by atoms with Crippen molar-refractivity contribution in [2.45, 2.75) is 27.2 Å². The summed E-state index contributed by atoms with van der Waals surface area (Å²) in [6, 6.07) is 0. The molecule has 0 aromatic carbocycles. The summed E-state index contributed by atoms with van der Waals surface area (Å²) in [5.41, 5.74) is 6.65. The molecule has 1 unspecified atom stereocenters. The molecule has 64 valence electrons. The zero-order valence-corrected chi connectivity index (χ0v) is 7.80. The first-order valence-corrected chi connectivity index (χ1v) is 4.24. The minimum atomic E-state index is 0.658. The van der Waals surface area contributed by atoms with Gasteiger partial charge in [0.2, 0.25) is 0 Å². The van der Waals surface area contributed by atoms with Gasteiger partial charge < -0.3 is 5.73 Å². The van der Waals surface area contributed by atoms with Crippen LogP contribution < -0.4 is 5.73 Å². The van der Waals surface area contributed by atoms with Crippen molar-refractivity contribution in [3.63, 3.8) is 0 Å². The van der Waals surface area contributed by atoms with E-state index in [4.69, 9.17) is 5.73 Å². The molecule has 0 saturated heterocycles. The monoisotopic (exact) mass is 153 g/mol. The molecule has 0 spiro atoms. The van der Waals surface area contributed by atoms with Crippen LogP contribution in [0.25, 0.3) is 0 Å². The van der Waals surface area contributed by atoms with Crippen molar-refractivity contribution in [1.29, 1.82) is 0 Å². The zero-order valence-electron chi connectivity index (χ0n) is 7.80. The Labute approximate surface area is 70.0 Å². The second-order valence-corrected chi connectivity index (χ2v) is 2.99. The summed E-state index contributed by atoms with van der Waals surface area (Å²) in [6.45, 7) is 7.10. The molecule has 0 aliphatic carbocycles. The van der Waals surface area contributed by atoms with Crippen LogP contribution in [0.1, 0.15) is 27.2 Å². The first-order valence-electron chi connectivity index (χ1n) is 4.24. The van der Waals surface area contributed by atoms with Crippen molar-refractivity contribution in [3.8, 4) is 0 Å². The molecule has 2 N–H and O–H groups in total. The maximum absolute atomic E-state index is 5.42. The van der Waals surface area contributed by atoms with Crippen molar-refractivity contribution in [3.05, 3.63) is 23.8 Å². The van der Waals surface area contributed by atoms with Crippen LogP contribution in [0.4, 0.5) is 0 Å². The van der Waals surface area contributed by atoms with Crippen LogP contribution in [0.15, 0.2) is 23.8 Å². The first kappa shape index (κ1) is 10.4. The Bertz CT molecular complexity index is 145. The lowest BCUT2D eigenvalue weighted by atomic mass is 10.1. The molecule has 0 heterocycles. The molecule has 0 radical (unpaired) electrons. The van der Waals surface area contributed by atoms with E-state index in [1.807, 2.05) is 6.92 Å². The van der Waals surface area contributed by atoms with Crippen molar-refractivity contribution < 1.29 is 0 Å². The van der Waals surface area contributed by atoms with Crippen LogP contribution >= 0.6 is 0 Å². The molecule has 0 fully saturated rings. The van der Waals surface area contributed by atoms with Crippen LogP contribution in [0.3, 0.4) is 0 Å². The van der Waals surface area contributed by atoms with Crippen molar-refractivity contribution in [2.75, 3.05) is 6.54 Å². The second kappa shape index (κ2) is 6.17. The fourth-order valence-corrected chi connectivity index (χ4v) is 0.614. The summed E-state index contributed by atoms with van der Waals surface area (Å²) in [6.07, 6.45) is 7.58. The van der Waals surface area contributed by atoms with E-state index in [9.17, 15) is 0 Å². The van der Waals surface area contributed by atoms with E-state index in [0.717, 1.165) is 0 Å². The predicted molar refractivity (Wildman–Crippen MR) is 51.4 cm³/mol. The highest BCUT2D eigenvalue weighted by atomic mass is 14.5. The van der Waals surface area contributed by atoms with Gasteiger partial charge >= 0.3 is 0 Å². The fraction of sp³-hybridized carbons (Fsp3) is 0.600. The molecule has 0 bridgehead atoms. The molecule has 1 nitrogen and oxygen atoms in total. The summed E-state index contributed by atoms with van der Waals surface area (Å²) in [4.78, 5) is 0. The second-order valence-electron chi connectivity index (χ2n) is 2.99. The van der Waals surface area contributed by atoms with Crippen molar-refractivity contribution in [2.24, 2.45) is 11.7 Å². The van der Waals surface area contributed by atoms with Crippen molar-refractivity contribution in [1.82, 2.24) is 0 Å². The average Bonchev–Trinajstić information content (AvgIpc) is 2.04. The van der Waals surface area contributed by atoms with Crippen LogP contribution in [0, 0.1) is 5.92 Å². The third-order valence-electron chi connectivity index (χ3n) is 1.79. The van der Waals surface area contributed by atoms with Gasteiger partial charge in [-0.2, -0.15) is 0 Å². The van der Waals surface area contributed by atoms with Gasteiger partial charge in [-0.25, -0.2) is 0 Å². The molecule has 0 aliphatic rings. The Morgan fingerprint density at radius 2 is 2.18 bits per heavy atom. The summed E-state index contributed by atoms with van der Waals surface area (Å²) in [5, 5.41) is 0. The summed E-state index contributed by atoms with van der Waals surface area (Å²) < 4.78 is 0. The van der Waals surface area contributed by atoms with E-state index in [1.165, 1.54) is 12.0 Å². The lowest BCUT2D eigenvalue weighted by molar-refractivity contribution is 0.698. The Morgan fingerprint density at radius 1 is 1.55 bits per heavy atom. The quantitative estimate of drug-likeness (QED) is 0.617. The molecule has 1 heteroatoms. The van der Waals surface area contributed by atoms with Crippen LogP contribution in [-0.4, -0.2) is 6.54 Å². The van der Waals surface area contributed by atoms with Gasteiger partial charge in [-0.15, -0.1) is 0 Å². The molecule has 0 amide bonds. The van der Waals surface area contributed by atoms with E-state index in [2.05, 4.69) is 32.1 Å². The Morgan fingerprint density at radius 3 is 2.64 bits per heavy atom. The minimum Gasteiger partial charge on any atom is -0.327 e. The van der Waals surface area contributed by atoms with Gasteiger partial charge in [0.1, 0.15) is 0 Å². The van der Waals surface area contributed by atoms with E-state index in [-0.39, 0.29) is 0 Å². The third-order valence-corrected chi connectivity index (χ3v) is 1.79. The van der Waals surface area contributed by atoms with Crippen LogP contribution in [-0.2, 0) is 0 Å². The highest BCUT2D eigenvalue weighted by Crippen LogP contribution is 2.02. The van der Waals surface area contributed by atoms with Gasteiger partial charge in [-0.3, -0.25) is 0 Å². The smallest absolute Gasteiger partial charge is 0.0137 e. The lowest BCUT2D eigenvalue weighted by Gasteiger charge is -1.97. The van der Waals surface area contributed by atoms with Crippen LogP contribution in [0.2, 0.25) is 0 Å². The molecular weight excluding hydrogens is 134 g/mol. The van der Waals surface area contributed by atoms with Gasteiger partial charge in [0.15, 0.2) is 0 Å². The van der Waals surface area contributed by atoms with Crippen molar-refractivity contribution >= 4 is 0 Å². The van der Waals surface area contributed by atoms with E-state index in [0.29, 0.717) is 12.5 Å². The number of nitrogens with two attached hydrogens (primary N) is 1. The average molecular weight is 153 g/mol. The van der Waals surface area contributed by atoms with Crippen LogP contribution in [0.5, 0.6) is 0 Å². The fourth-order valence-electron chi connectivity index (χ4n) is 0.614. The molecule has 0 aliphatic heterocycles. The molecule has 0 saturated carbocycles. The van der Waals surface area contributed by atoms with Gasteiger partial charge in [0, 0.05) is 6.54 Å². The minimum absolute atomic E-state index is 0.658. The lowest BCUT2D eigenvalue weighted by Crippen LogP contribution is -1.98. The van der Waals surface area contributed by atoms with Gasteiger partial charge in [0.25, 0.3) is 0 Å². The third kappa shape index (κ3) is 5.86. The van der Waals surface area contributed by atoms with Gasteiger partial charge in [-0.05, 0) is 12.8 Å². The molecule has 0 aromatic heterocycles. The van der Waals surface area contributed by atoms with E-state index >= 15 is 0 Å². The van der Waals surface area contributed by atoms with Gasteiger partial charge in [-0.1, -0.05) is 44.1 Å². The maximum atomic E-state index is 5.42. The summed E-state index contributed by atoms with van der Waals surface area (Å²) in [7, 11) is 0. The number of rotatable bonds is 4. The maximum Gasteiger partial charge on any atom is 0.0137 e. The number of hydrogen-bond acceptors (Lipinski definition) is 1. The molecular formula is C10H19N. The van der Waals surface area contributed by atoms with Gasteiger partial charge in [0.05, 0.1) is 0 Å². The number of allylic oxidation sites excluding steroid dienone is 3. The first-order chi connectivity index (χ1) is 5.20. The summed E-state index contributed by atoms with van der Waals surface area (Å²) in [5.74, 6) is 0.678. The number of hydrogen-bond donors (Lipinski definition) is 1. The molecule has 0 rings (SSSR count). The van der Waals surface area contributed by atoms with E-state index in [1.54, 1.807) is 0 Å². The standard InChI is InChI=1S/C10H19N/c1-4-9(2)6-5-7-10(3)8-11/h5-7,9H,4,8,11H2,1-3H3/b6-5-,10-7+. The SMILES string of the molecule is CCC(C)/C=C\C=C(/C)CN. The Balaban J connectivity index is 3.75. The largest absolute Gasteiger partial charge is 0.327 e.